The lowest BCUT2D eigenvalue weighted by Crippen LogP contribution is -1.96. The molecule has 0 aliphatic rings. The third-order valence-electron chi connectivity index (χ3n) is 3.87. The van der Waals surface area contributed by atoms with Crippen LogP contribution < -0.4 is 11.1 Å². The van der Waals surface area contributed by atoms with E-state index in [0.29, 0.717) is 11.4 Å². The quantitative estimate of drug-likeness (QED) is 0.291. The van der Waals surface area contributed by atoms with E-state index in [1.54, 1.807) is 12.1 Å². The van der Waals surface area contributed by atoms with Gasteiger partial charge in [-0.1, -0.05) is 36.4 Å². The van der Waals surface area contributed by atoms with Crippen molar-refractivity contribution in [3.63, 3.8) is 0 Å². The first-order valence-corrected chi connectivity index (χ1v) is 7.35. The monoisotopic (exact) mass is 301 g/mol. The van der Waals surface area contributed by atoms with Gasteiger partial charge in [0.1, 0.15) is 5.75 Å². The molecule has 4 N–H and O–H groups in total. The third kappa shape index (κ3) is 2.30. The lowest BCUT2D eigenvalue weighted by molar-refractivity contribution is 0.478. The topological polar surface area (TPSA) is 71.2 Å². The summed E-state index contributed by atoms with van der Waals surface area (Å²) in [4.78, 5) is 4.69. The highest BCUT2D eigenvalue weighted by molar-refractivity contribution is 6.08. The van der Waals surface area contributed by atoms with E-state index in [1.807, 2.05) is 48.5 Å². The van der Waals surface area contributed by atoms with E-state index in [0.717, 1.165) is 27.5 Å². The largest absolute Gasteiger partial charge is 0.506 e. The van der Waals surface area contributed by atoms with Crippen LogP contribution in [-0.4, -0.2) is 10.1 Å². The Hall–Kier alpha value is -3.27. The molecular formula is C19H15N3O. The van der Waals surface area contributed by atoms with E-state index in [4.69, 9.17) is 10.7 Å². The van der Waals surface area contributed by atoms with Crippen molar-refractivity contribution in [1.29, 1.82) is 0 Å². The van der Waals surface area contributed by atoms with Crippen LogP contribution in [0.5, 0.6) is 5.75 Å². The van der Waals surface area contributed by atoms with Gasteiger partial charge in [-0.05, 0) is 24.3 Å². The maximum absolute atomic E-state index is 10.1. The number of anilines is 3. The van der Waals surface area contributed by atoms with Crippen molar-refractivity contribution < 1.29 is 5.11 Å². The minimum absolute atomic E-state index is 0.120. The van der Waals surface area contributed by atoms with Crippen molar-refractivity contribution in [2.45, 2.75) is 0 Å². The molecule has 0 aliphatic heterocycles. The first-order valence-electron chi connectivity index (χ1n) is 7.35. The number of rotatable bonds is 2. The van der Waals surface area contributed by atoms with Crippen molar-refractivity contribution in [1.82, 2.24) is 4.98 Å². The van der Waals surface area contributed by atoms with Crippen LogP contribution in [0.2, 0.25) is 0 Å². The van der Waals surface area contributed by atoms with Crippen molar-refractivity contribution >= 4 is 38.9 Å². The number of nitrogens with one attached hydrogen (secondary N) is 1. The number of nitrogens with zero attached hydrogens (tertiary/aromatic N) is 1. The Kier molecular flexibility index (Phi) is 3.01. The normalized spacial score (nSPS) is 11.0. The first-order chi connectivity index (χ1) is 11.2. The van der Waals surface area contributed by atoms with E-state index in [9.17, 15) is 5.11 Å². The van der Waals surface area contributed by atoms with E-state index < -0.39 is 0 Å². The Labute approximate surface area is 133 Å². The fourth-order valence-corrected chi connectivity index (χ4v) is 2.76. The molecule has 112 valence electrons. The second kappa shape index (κ2) is 5.18. The predicted octanol–water partition coefficient (Wildman–Crippen LogP) is 4.42. The summed E-state index contributed by atoms with van der Waals surface area (Å²) in [5, 5.41) is 15.5. The Bertz CT molecular complexity index is 973. The van der Waals surface area contributed by atoms with Crippen molar-refractivity contribution in [2.75, 3.05) is 11.1 Å². The average molecular weight is 301 g/mol. The van der Waals surface area contributed by atoms with Gasteiger partial charge in [0.15, 0.2) is 0 Å². The summed E-state index contributed by atoms with van der Waals surface area (Å²) in [6, 6.07) is 21.0. The molecule has 4 heteroatoms. The Morgan fingerprint density at radius 2 is 1.43 bits per heavy atom. The molecule has 23 heavy (non-hydrogen) atoms. The summed E-state index contributed by atoms with van der Waals surface area (Å²) in [7, 11) is 0. The van der Waals surface area contributed by atoms with E-state index in [1.165, 1.54) is 6.07 Å². The maximum Gasteiger partial charge on any atom is 0.141 e. The molecule has 0 unspecified atom stereocenters. The third-order valence-corrected chi connectivity index (χ3v) is 3.87. The Balaban J connectivity index is 1.99. The van der Waals surface area contributed by atoms with Crippen LogP contribution in [0.15, 0.2) is 66.7 Å². The second-order valence-corrected chi connectivity index (χ2v) is 5.42. The molecule has 0 radical (unpaired) electrons. The molecular weight excluding hydrogens is 286 g/mol. The minimum atomic E-state index is 0.120. The van der Waals surface area contributed by atoms with Crippen LogP contribution in [0.4, 0.5) is 17.1 Å². The number of hydrogen-bond donors (Lipinski definition) is 3. The number of phenolic OH excluding ortho intramolecular Hbond substituents is 1. The number of aromatic nitrogens is 1. The highest BCUT2D eigenvalue weighted by Crippen LogP contribution is 2.36. The van der Waals surface area contributed by atoms with Crippen molar-refractivity contribution in [3.05, 3.63) is 66.7 Å². The van der Waals surface area contributed by atoms with Crippen LogP contribution in [0.3, 0.4) is 0 Å². The number of benzene rings is 3. The fraction of sp³-hybridized carbons (Fsp3) is 0. The number of nitrogens with two attached hydrogens (primary N) is 1. The minimum Gasteiger partial charge on any atom is -0.506 e. The smallest absolute Gasteiger partial charge is 0.141 e. The van der Waals surface area contributed by atoms with Crippen LogP contribution in [0.1, 0.15) is 0 Å². The van der Waals surface area contributed by atoms with Gasteiger partial charge in [0.05, 0.1) is 22.4 Å². The van der Waals surface area contributed by atoms with Gasteiger partial charge in [0, 0.05) is 22.5 Å². The standard InChI is InChI=1S/C19H15N3O/c20-12-9-10-17(18(23)11-12)22-19-13-5-1-3-7-15(13)21-16-8-4-2-6-14(16)19/h1-11,23H,20H2,(H,21,22). The lowest BCUT2D eigenvalue weighted by Gasteiger charge is -2.14. The molecule has 0 bridgehead atoms. The first kappa shape index (κ1) is 13.4. The van der Waals surface area contributed by atoms with Gasteiger partial charge >= 0.3 is 0 Å². The highest BCUT2D eigenvalue weighted by atomic mass is 16.3. The molecule has 0 spiro atoms. The van der Waals surface area contributed by atoms with Gasteiger partial charge in [-0.25, -0.2) is 4.98 Å². The number of hydrogen-bond acceptors (Lipinski definition) is 4. The lowest BCUT2D eigenvalue weighted by atomic mass is 10.1. The SMILES string of the molecule is Nc1ccc(Nc2c3ccccc3nc3ccccc23)c(O)c1. The molecule has 0 amide bonds. The molecule has 0 saturated heterocycles. The molecule has 3 aromatic carbocycles. The number of pyridine rings is 1. The summed E-state index contributed by atoms with van der Waals surface area (Å²) in [5.41, 5.74) is 9.58. The maximum atomic E-state index is 10.1. The Morgan fingerprint density at radius 3 is 2.04 bits per heavy atom. The average Bonchev–Trinajstić information content (AvgIpc) is 2.56. The fourth-order valence-electron chi connectivity index (χ4n) is 2.76. The number of para-hydroxylation sites is 2. The van der Waals surface area contributed by atoms with Gasteiger partial charge in [-0.3, -0.25) is 0 Å². The summed E-state index contributed by atoms with van der Waals surface area (Å²) in [6.07, 6.45) is 0. The Morgan fingerprint density at radius 1 is 0.826 bits per heavy atom. The highest BCUT2D eigenvalue weighted by Gasteiger charge is 2.10. The van der Waals surface area contributed by atoms with Crippen molar-refractivity contribution in [3.8, 4) is 5.75 Å². The zero-order valence-electron chi connectivity index (χ0n) is 12.3. The van der Waals surface area contributed by atoms with Crippen LogP contribution >= 0.6 is 0 Å². The molecule has 0 saturated carbocycles. The summed E-state index contributed by atoms with van der Waals surface area (Å²) in [6.45, 7) is 0. The number of phenols is 1. The van der Waals surface area contributed by atoms with E-state index in [-0.39, 0.29) is 5.75 Å². The molecule has 0 aliphatic carbocycles. The molecule has 0 atom stereocenters. The molecule has 0 fully saturated rings. The number of fused-ring (bicyclic) bond motifs is 2. The van der Waals surface area contributed by atoms with Crippen molar-refractivity contribution in [2.24, 2.45) is 0 Å². The van der Waals surface area contributed by atoms with Gasteiger partial charge < -0.3 is 16.2 Å². The van der Waals surface area contributed by atoms with E-state index >= 15 is 0 Å². The number of aromatic hydroxyl groups is 1. The molecule has 4 nitrogen and oxygen atoms in total. The van der Waals surface area contributed by atoms with Gasteiger partial charge in [0.2, 0.25) is 0 Å². The van der Waals surface area contributed by atoms with Crippen LogP contribution in [0.25, 0.3) is 21.8 Å². The predicted molar refractivity (Wildman–Crippen MR) is 95.1 cm³/mol. The number of nitrogen functional groups attached to an aromatic ring is 1. The summed E-state index contributed by atoms with van der Waals surface area (Å²) < 4.78 is 0. The van der Waals surface area contributed by atoms with Crippen LogP contribution in [0, 0.1) is 0 Å². The molecule has 1 heterocycles. The van der Waals surface area contributed by atoms with Gasteiger partial charge in [-0.15, -0.1) is 0 Å². The second-order valence-electron chi connectivity index (χ2n) is 5.42. The molecule has 4 rings (SSSR count). The molecule has 1 aromatic heterocycles. The zero-order chi connectivity index (χ0) is 15.8. The van der Waals surface area contributed by atoms with Crippen LogP contribution in [-0.2, 0) is 0 Å². The zero-order valence-corrected chi connectivity index (χ0v) is 12.3. The van der Waals surface area contributed by atoms with E-state index in [2.05, 4.69) is 5.32 Å². The summed E-state index contributed by atoms with van der Waals surface area (Å²) >= 11 is 0. The van der Waals surface area contributed by atoms with Gasteiger partial charge in [-0.2, -0.15) is 0 Å². The molecule has 4 aromatic rings. The van der Waals surface area contributed by atoms with Gasteiger partial charge in [0.25, 0.3) is 0 Å². The summed E-state index contributed by atoms with van der Waals surface area (Å²) in [5.74, 6) is 0.120.